The number of aromatic nitrogens is 1. The molecule has 1 saturated heterocycles. The molecule has 0 aromatic carbocycles. The van der Waals surface area contributed by atoms with Crippen LogP contribution < -0.4 is 10.6 Å². The van der Waals surface area contributed by atoms with E-state index in [0.29, 0.717) is 18.2 Å². The smallest absolute Gasteiger partial charge is 0.129 e. The fourth-order valence-corrected chi connectivity index (χ4v) is 2.25. The van der Waals surface area contributed by atoms with Gasteiger partial charge in [-0.1, -0.05) is 0 Å². The van der Waals surface area contributed by atoms with Crippen LogP contribution in [0.3, 0.4) is 0 Å². The van der Waals surface area contributed by atoms with Crippen LogP contribution in [0.1, 0.15) is 24.8 Å². The summed E-state index contributed by atoms with van der Waals surface area (Å²) in [5.41, 5.74) is 6.11. The number of piperidine rings is 1. The molecule has 1 aromatic rings. The van der Waals surface area contributed by atoms with Crippen molar-refractivity contribution in [3.8, 4) is 6.07 Å². The first-order chi connectivity index (χ1) is 9.33. The number of hydrogen-bond acceptors (Lipinski definition) is 5. The summed E-state index contributed by atoms with van der Waals surface area (Å²) in [5, 5.41) is 8.90. The molecule has 0 atom stereocenters. The van der Waals surface area contributed by atoms with Gasteiger partial charge in [0.05, 0.1) is 17.7 Å². The highest BCUT2D eigenvalue weighted by Gasteiger charge is 2.20. The van der Waals surface area contributed by atoms with Crippen molar-refractivity contribution < 1.29 is 4.74 Å². The average Bonchev–Trinajstić information content (AvgIpc) is 2.48. The molecule has 0 unspecified atom stereocenters. The maximum atomic E-state index is 8.90. The van der Waals surface area contributed by atoms with Crippen molar-refractivity contribution in [3.05, 3.63) is 23.9 Å². The standard InChI is InChI=1S/C14H20N4O/c15-5-1-9-19-13-3-7-18(8-4-13)14-10-12(11-16)2-6-17-14/h2,6,10,13H,1,3-5,7-9,15H2. The maximum Gasteiger partial charge on any atom is 0.129 e. The average molecular weight is 260 g/mol. The molecule has 2 heterocycles. The van der Waals surface area contributed by atoms with E-state index >= 15 is 0 Å². The van der Waals surface area contributed by atoms with Gasteiger partial charge >= 0.3 is 0 Å². The second-order valence-electron chi connectivity index (χ2n) is 4.71. The lowest BCUT2D eigenvalue weighted by Gasteiger charge is -2.32. The minimum Gasteiger partial charge on any atom is -0.378 e. The monoisotopic (exact) mass is 260 g/mol. The van der Waals surface area contributed by atoms with Crippen molar-refractivity contribution in [2.24, 2.45) is 5.73 Å². The number of nitriles is 1. The Morgan fingerprint density at radius 1 is 1.47 bits per heavy atom. The molecule has 1 aromatic heterocycles. The van der Waals surface area contributed by atoms with Crippen molar-refractivity contribution in [2.45, 2.75) is 25.4 Å². The highest BCUT2D eigenvalue weighted by molar-refractivity contribution is 5.45. The lowest BCUT2D eigenvalue weighted by atomic mass is 10.1. The van der Waals surface area contributed by atoms with Gasteiger partial charge in [-0.05, 0) is 37.9 Å². The Morgan fingerprint density at radius 3 is 2.95 bits per heavy atom. The molecular formula is C14H20N4O. The highest BCUT2D eigenvalue weighted by atomic mass is 16.5. The van der Waals surface area contributed by atoms with Gasteiger partial charge in [-0.3, -0.25) is 0 Å². The van der Waals surface area contributed by atoms with Crippen molar-refractivity contribution in [3.63, 3.8) is 0 Å². The summed E-state index contributed by atoms with van der Waals surface area (Å²) in [6.07, 6.45) is 4.96. The molecule has 0 aliphatic carbocycles. The van der Waals surface area contributed by atoms with Crippen molar-refractivity contribution in [2.75, 3.05) is 31.1 Å². The second kappa shape index (κ2) is 7.07. The van der Waals surface area contributed by atoms with E-state index in [1.54, 1.807) is 12.3 Å². The molecule has 0 saturated carbocycles. The molecule has 0 amide bonds. The van der Waals surface area contributed by atoms with E-state index in [1.165, 1.54) is 0 Å². The van der Waals surface area contributed by atoms with Crippen LogP contribution in [0.4, 0.5) is 5.82 Å². The molecule has 1 fully saturated rings. The van der Waals surface area contributed by atoms with Crippen LogP contribution >= 0.6 is 0 Å². The molecule has 102 valence electrons. The molecule has 5 nitrogen and oxygen atoms in total. The lowest BCUT2D eigenvalue weighted by Crippen LogP contribution is -2.37. The summed E-state index contributed by atoms with van der Waals surface area (Å²) in [7, 11) is 0. The third-order valence-corrected chi connectivity index (χ3v) is 3.34. The predicted molar refractivity (Wildman–Crippen MR) is 73.8 cm³/mol. The minimum absolute atomic E-state index is 0.335. The molecular weight excluding hydrogens is 240 g/mol. The van der Waals surface area contributed by atoms with Crippen LogP contribution in [0.15, 0.2) is 18.3 Å². The molecule has 5 heteroatoms. The predicted octanol–water partition coefficient (Wildman–Crippen LogP) is 1.29. The van der Waals surface area contributed by atoms with Gasteiger partial charge in [-0.25, -0.2) is 4.98 Å². The van der Waals surface area contributed by atoms with E-state index in [-0.39, 0.29) is 0 Å². The number of ether oxygens (including phenoxy) is 1. The van der Waals surface area contributed by atoms with Crippen LogP contribution in [-0.2, 0) is 4.74 Å². The second-order valence-corrected chi connectivity index (χ2v) is 4.71. The van der Waals surface area contributed by atoms with Crippen molar-refractivity contribution in [1.29, 1.82) is 5.26 Å². The van der Waals surface area contributed by atoms with Gasteiger partial charge in [0.15, 0.2) is 0 Å². The zero-order chi connectivity index (χ0) is 13.5. The van der Waals surface area contributed by atoms with Crippen LogP contribution in [0.5, 0.6) is 0 Å². The molecule has 19 heavy (non-hydrogen) atoms. The van der Waals surface area contributed by atoms with E-state index in [2.05, 4.69) is 16.0 Å². The highest BCUT2D eigenvalue weighted by Crippen LogP contribution is 2.20. The molecule has 0 spiro atoms. The Hall–Kier alpha value is -1.64. The first kappa shape index (κ1) is 13.8. The van der Waals surface area contributed by atoms with Crippen LogP contribution in [0.2, 0.25) is 0 Å². The first-order valence-electron chi connectivity index (χ1n) is 6.76. The van der Waals surface area contributed by atoms with Gasteiger partial charge in [0.1, 0.15) is 5.82 Å². The molecule has 0 radical (unpaired) electrons. The van der Waals surface area contributed by atoms with E-state index < -0.39 is 0 Å². The fraction of sp³-hybridized carbons (Fsp3) is 0.571. The summed E-state index contributed by atoms with van der Waals surface area (Å²) in [4.78, 5) is 6.54. The van der Waals surface area contributed by atoms with E-state index in [0.717, 1.165) is 44.8 Å². The first-order valence-corrected chi connectivity index (χ1v) is 6.76. The van der Waals surface area contributed by atoms with Gasteiger partial charge < -0.3 is 15.4 Å². The molecule has 2 N–H and O–H groups in total. The van der Waals surface area contributed by atoms with E-state index in [4.69, 9.17) is 15.7 Å². The third kappa shape index (κ3) is 3.91. The summed E-state index contributed by atoms with van der Waals surface area (Å²) >= 11 is 0. The summed E-state index contributed by atoms with van der Waals surface area (Å²) < 4.78 is 5.77. The SMILES string of the molecule is N#Cc1ccnc(N2CCC(OCCCN)CC2)c1. The van der Waals surface area contributed by atoms with Crippen molar-refractivity contribution >= 4 is 5.82 Å². The van der Waals surface area contributed by atoms with Crippen molar-refractivity contribution in [1.82, 2.24) is 4.98 Å². The lowest BCUT2D eigenvalue weighted by molar-refractivity contribution is 0.0365. The third-order valence-electron chi connectivity index (χ3n) is 3.34. The van der Waals surface area contributed by atoms with Gasteiger partial charge in [0, 0.05) is 25.9 Å². The van der Waals surface area contributed by atoms with E-state index in [9.17, 15) is 0 Å². The van der Waals surface area contributed by atoms with Crippen LogP contribution in [-0.4, -0.2) is 37.3 Å². The quantitative estimate of drug-likeness (QED) is 0.807. The normalized spacial score (nSPS) is 16.3. The number of nitrogens with two attached hydrogens (primary N) is 1. The fourth-order valence-electron chi connectivity index (χ4n) is 2.25. The maximum absolute atomic E-state index is 8.90. The van der Waals surface area contributed by atoms with Crippen LogP contribution in [0, 0.1) is 11.3 Å². The summed E-state index contributed by atoms with van der Waals surface area (Å²) in [5.74, 6) is 0.888. The molecule has 0 bridgehead atoms. The Bertz CT molecular complexity index is 435. The number of anilines is 1. The molecule has 2 rings (SSSR count). The largest absolute Gasteiger partial charge is 0.378 e. The summed E-state index contributed by atoms with van der Waals surface area (Å²) in [6.45, 7) is 3.29. The Morgan fingerprint density at radius 2 is 2.26 bits per heavy atom. The number of rotatable bonds is 5. The van der Waals surface area contributed by atoms with Gasteiger partial charge in [0.2, 0.25) is 0 Å². The molecule has 1 aliphatic rings. The van der Waals surface area contributed by atoms with Gasteiger partial charge in [-0.15, -0.1) is 0 Å². The summed E-state index contributed by atoms with van der Waals surface area (Å²) in [6, 6.07) is 5.72. The van der Waals surface area contributed by atoms with Gasteiger partial charge in [-0.2, -0.15) is 5.26 Å². The number of pyridine rings is 1. The number of hydrogen-bond donors (Lipinski definition) is 1. The number of nitrogens with zero attached hydrogens (tertiary/aromatic N) is 3. The van der Waals surface area contributed by atoms with Crippen LogP contribution in [0.25, 0.3) is 0 Å². The Balaban J connectivity index is 1.84. The zero-order valence-electron chi connectivity index (χ0n) is 11.1. The topological polar surface area (TPSA) is 75.2 Å². The minimum atomic E-state index is 0.335. The molecule has 1 aliphatic heterocycles. The Kier molecular flexibility index (Phi) is 5.13. The van der Waals surface area contributed by atoms with E-state index in [1.807, 2.05) is 6.07 Å². The van der Waals surface area contributed by atoms with Gasteiger partial charge in [0.25, 0.3) is 0 Å². The zero-order valence-corrected chi connectivity index (χ0v) is 11.1. The Labute approximate surface area is 114 Å².